The second-order valence-electron chi connectivity index (χ2n) is 7.94. The number of nitrogens with one attached hydrogen (secondary N) is 1. The number of aliphatic hydroxyl groups excluding tert-OH is 3. The van der Waals surface area contributed by atoms with E-state index < -0.39 is 36.7 Å². The number of aromatic nitrogens is 4. The predicted molar refractivity (Wildman–Crippen MR) is 116 cm³/mol. The molecule has 4 atom stereocenters. The van der Waals surface area contributed by atoms with Crippen LogP contribution in [0.4, 0.5) is 17.6 Å². The summed E-state index contributed by atoms with van der Waals surface area (Å²) >= 11 is 0. The van der Waals surface area contributed by atoms with E-state index in [1.54, 1.807) is 0 Å². The van der Waals surface area contributed by atoms with Crippen molar-refractivity contribution in [1.82, 2.24) is 19.5 Å². The average molecular weight is 443 g/mol. The summed E-state index contributed by atoms with van der Waals surface area (Å²) in [5.74, 6) is 0.280. The molecule has 0 amide bonds. The summed E-state index contributed by atoms with van der Waals surface area (Å²) in [6.07, 6.45) is -4.72. The van der Waals surface area contributed by atoms with Crippen LogP contribution in [-0.4, -0.2) is 85.9 Å². The Hall–Kier alpha value is -3.19. The number of anilines is 3. The van der Waals surface area contributed by atoms with Crippen molar-refractivity contribution in [1.29, 1.82) is 0 Å². The molecule has 2 aliphatic heterocycles. The van der Waals surface area contributed by atoms with Gasteiger partial charge in [0.25, 0.3) is 5.56 Å². The Balaban J connectivity index is 1.53. The number of rotatable bonds is 4. The van der Waals surface area contributed by atoms with Gasteiger partial charge in [0.2, 0.25) is 11.9 Å². The lowest BCUT2D eigenvalue weighted by Gasteiger charge is -2.37. The number of hydrogen-bond acceptors (Lipinski definition) is 10. The van der Waals surface area contributed by atoms with Gasteiger partial charge >= 0.3 is 0 Å². The molecular weight excluding hydrogens is 418 g/mol. The van der Waals surface area contributed by atoms with Crippen molar-refractivity contribution in [3.8, 4) is 0 Å². The smallest absolute Gasteiger partial charge is 0.280 e. The Morgan fingerprint density at radius 3 is 2.41 bits per heavy atom. The molecule has 2 saturated heterocycles. The van der Waals surface area contributed by atoms with E-state index in [0.717, 1.165) is 18.8 Å². The Bertz CT molecular complexity index is 1160. The molecule has 6 N–H and O–H groups in total. The van der Waals surface area contributed by atoms with Crippen molar-refractivity contribution in [2.24, 2.45) is 0 Å². The summed E-state index contributed by atoms with van der Waals surface area (Å²) < 4.78 is 7.22. The van der Waals surface area contributed by atoms with Gasteiger partial charge in [-0.3, -0.25) is 14.3 Å². The Labute approximate surface area is 182 Å². The van der Waals surface area contributed by atoms with Gasteiger partial charge < -0.3 is 35.6 Å². The lowest BCUT2D eigenvalue weighted by atomic mass is 10.1. The average Bonchev–Trinajstić information content (AvgIpc) is 3.32. The van der Waals surface area contributed by atoms with E-state index in [0.29, 0.717) is 19.0 Å². The first-order valence-electron chi connectivity index (χ1n) is 10.4. The van der Waals surface area contributed by atoms with E-state index >= 15 is 0 Å². The maximum atomic E-state index is 12.5. The highest BCUT2D eigenvalue weighted by molar-refractivity contribution is 5.75. The fourth-order valence-electron chi connectivity index (χ4n) is 4.34. The predicted octanol–water partition coefficient (Wildman–Crippen LogP) is -1.36. The first-order valence-corrected chi connectivity index (χ1v) is 10.4. The Morgan fingerprint density at radius 1 is 1.06 bits per heavy atom. The number of piperazine rings is 1. The zero-order valence-corrected chi connectivity index (χ0v) is 17.2. The van der Waals surface area contributed by atoms with Crippen molar-refractivity contribution in [3.05, 3.63) is 40.7 Å². The standard InChI is InChI=1S/C20H25N7O5/c21-19-23-16-13(17(31)24-19)22-20(27(16)18-15(30)14(29)12(10-28)32-18)26-8-6-25(7-9-26)11-4-2-1-3-5-11/h1-5,12,14-15,18,28-30H,6-10H2,(H3,21,23,24,31). The number of benzene rings is 1. The molecule has 12 heteroatoms. The number of hydrogen-bond donors (Lipinski definition) is 5. The van der Waals surface area contributed by atoms with Crippen molar-refractivity contribution in [2.75, 3.05) is 48.3 Å². The van der Waals surface area contributed by atoms with E-state index in [2.05, 4.69) is 32.0 Å². The molecule has 2 aromatic heterocycles. The molecule has 12 nitrogen and oxygen atoms in total. The maximum Gasteiger partial charge on any atom is 0.280 e. The quantitative estimate of drug-likeness (QED) is 0.325. The molecule has 0 radical (unpaired) electrons. The minimum Gasteiger partial charge on any atom is -0.394 e. The topological polar surface area (TPSA) is 166 Å². The monoisotopic (exact) mass is 443 g/mol. The van der Waals surface area contributed by atoms with Crippen LogP contribution in [0.2, 0.25) is 0 Å². The Kier molecular flexibility index (Phi) is 5.21. The van der Waals surface area contributed by atoms with Crippen LogP contribution in [0.5, 0.6) is 0 Å². The van der Waals surface area contributed by atoms with Gasteiger partial charge in [0.05, 0.1) is 6.61 Å². The molecule has 4 unspecified atom stereocenters. The van der Waals surface area contributed by atoms with Crippen molar-refractivity contribution in [2.45, 2.75) is 24.5 Å². The summed E-state index contributed by atoms with van der Waals surface area (Å²) in [6.45, 7) is 2.16. The van der Waals surface area contributed by atoms with Crippen LogP contribution in [0.15, 0.2) is 35.1 Å². The minimum atomic E-state index is -1.35. The number of nitrogens with two attached hydrogens (primary N) is 1. The zero-order chi connectivity index (χ0) is 22.4. The highest BCUT2D eigenvalue weighted by Crippen LogP contribution is 2.35. The zero-order valence-electron chi connectivity index (χ0n) is 17.2. The number of aromatic amines is 1. The highest BCUT2D eigenvalue weighted by atomic mass is 16.6. The molecule has 1 aromatic carbocycles. The highest BCUT2D eigenvalue weighted by Gasteiger charge is 2.45. The van der Waals surface area contributed by atoms with Gasteiger partial charge in [0.15, 0.2) is 17.4 Å². The van der Waals surface area contributed by atoms with E-state index in [1.807, 2.05) is 23.1 Å². The minimum absolute atomic E-state index is 0.0532. The van der Waals surface area contributed by atoms with Gasteiger partial charge in [0, 0.05) is 31.9 Å². The van der Waals surface area contributed by atoms with Gasteiger partial charge in [-0.25, -0.2) is 4.98 Å². The Morgan fingerprint density at radius 2 is 1.75 bits per heavy atom. The second-order valence-corrected chi connectivity index (χ2v) is 7.94. The molecule has 3 aromatic rings. The fourth-order valence-corrected chi connectivity index (χ4v) is 4.34. The third-order valence-corrected chi connectivity index (χ3v) is 6.01. The summed E-state index contributed by atoms with van der Waals surface area (Å²) in [6, 6.07) is 10.1. The molecule has 2 fully saturated rings. The van der Waals surface area contributed by atoms with Crippen LogP contribution in [0.1, 0.15) is 6.23 Å². The molecule has 5 rings (SSSR count). The third-order valence-electron chi connectivity index (χ3n) is 6.01. The van der Waals surface area contributed by atoms with Crippen LogP contribution < -0.4 is 21.1 Å². The summed E-state index contributed by atoms with van der Waals surface area (Å²) in [4.78, 5) is 27.9. The van der Waals surface area contributed by atoms with E-state index in [-0.39, 0.29) is 17.1 Å². The van der Waals surface area contributed by atoms with Gasteiger partial charge in [-0.2, -0.15) is 4.98 Å². The largest absolute Gasteiger partial charge is 0.394 e. The molecule has 32 heavy (non-hydrogen) atoms. The molecule has 0 saturated carbocycles. The van der Waals surface area contributed by atoms with Crippen LogP contribution in [-0.2, 0) is 4.74 Å². The number of ether oxygens (including phenoxy) is 1. The lowest BCUT2D eigenvalue weighted by Crippen LogP contribution is -2.47. The van der Waals surface area contributed by atoms with E-state index in [1.165, 1.54) is 4.57 Å². The molecule has 0 spiro atoms. The molecular formula is C20H25N7O5. The summed E-state index contributed by atoms with van der Waals surface area (Å²) in [7, 11) is 0. The van der Waals surface area contributed by atoms with Gasteiger partial charge in [-0.05, 0) is 12.1 Å². The normalized spacial score (nSPS) is 26.2. The van der Waals surface area contributed by atoms with Crippen LogP contribution in [0, 0.1) is 0 Å². The molecule has 0 aliphatic carbocycles. The first kappa shape index (κ1) is 20.7. The lowest BCUT2D eigenvalue weighted by molar-refractivity contribution is -0.0504. The van der Waals surface area contributed by atoms with Crippen molar-refractivity contribution >= 4 is 28.7 Å². The third kappa shape index (κ3) is 3.37. The van der Waals surface area contributed by atoms with Gasteiger partial charge in [-0.1, -0.05) is 18.2 Å². The number of aliphatic hydroxyl groups is 3. The van der Waals surface area contributed by atoms with Crippen molar-refractivity contribution in [3.63, 3.8) is 0 Å². The first-order chi connectivity index (χ1) is 15.5. The number of fused-ring (bicyclic) bond motifs is 1. The molecule has 4 heterocycles. The number of H-pyrrole nitrogens is 1. The molecule has 2 aliphatic rings. The fraction of sp³-hybridized carbons (Fsp3) is 0.450. The molecule has 0 bridgehead atoms. The maximum absolute atomic E-state index is 12.5. The summed E-state index contributed by atoms with van der Waals surface area (Å²) in [5, 5.41) is 30.4. The SMILES string of the molecule is Nc1nc2c(nc(N3CCN(c4ccccc4)CC3)n2C2OC(CO)C(O)C2O)c(=O)[nH]1. The van der Waals surface area contributed by atoms with Crippen molar-refractivity contribution < 1.29 is 20.1 Å². The molecule has 170 valence electrons. The summed E-state index contributed by atoms with van der Waals surface area (Å²) in [5.41, 5.74) is 6.56. The van der Waals surface area contributed by atoms with Crippen LogP contribution in [0.25, 0.3) is 11.2 Å². The number of para-hydroxylation sites is 1. The van der Waals surface area contributed by atoms with Gasteiger partial charge in [0.1, 0.15) is 18.3 Å². The van der Waals surface area contributed by atoms with E-state index in [9.17, 15) is 20.1 Å². The number of imidazole rings is 1. The van der Waals surface area contributed by atoms with E-state index in [4.69, 9.17) is 10.5 Å². The van der Waals surface area contributed by atoms with Gasteiger partial charge in [-0.15, -0.1) is 0 Å². The number of nitrogens with zero attached hydrogens (tertiary/aromatic N) is 5. The number of nitrogen functional groups attached to an aromatic ring is 1. The second kappa shape index (κ2) is 8.06. The van der Waals surface area contributed by atoms with Crippen LogP contribution >= 0.6 is 0 Å². The van der Waals surface area contributed by atoms with Crippen LogP contribution in [0.3, 0.4) is 0 Å².